The van der Waals surface area contributed by atoms with E-state index in [1.807, 2.05) is 23.1 Å². The summed E-state index contributed by atoms with van der Waals surface area (Å²) in [6, 6.07) is 13.9. The number of ether oxygens (including phenoxy) is 2. The molecule has 0 aliphatic carbocycles. The molecule has 1 aliphatic heterocycles. The summed E-state index contributed by atoms with van der Waals surface area (Å²) in [5, 5.41) is 8.97. The lowest BCUT2D eigenvalue weighted by Gasteiger charge is -2.39. The van der Waals surface area contributed by atoms with Crippen LogP contribution in [0, 0.1) is 15.2 Å². The highest BCUT2D eigenvalue weighted by Crippen LogP contribution is 2.39. The van der Waals surface area contributed by atoms with Crippen LogP contribution in [0.5, 0.6) is 11.5 Å². The van der Waals surface area contributed by atoms with Crippen LogP contribution in [-0.2, 0) is 5.41 Å². The first-order chi connectivity index (χ1) is 17.5. The number of benzene rings is 3. The van der Waals surface area contributed by atoms with Crippen molar-refractivity contribution in [3.8, 4) is 11.5 Å². The number of amidine groups is 1. The van der Waals surface area contributed by atoms with Crippen LogP contribution in [0.15, 0.2) is 59.6 Å². The predicted octanol–water partition coefficient (Wildman–Crippen LogP) is 6.57. The number of methoxy groups -OCH3 is 1. The van der Waals surface area contributed by atoms with Gasteiger partial charge in [-0.25, -0.2) is 13.6 Å². The molecule has 1 heterocycles. The molecule has 1 N–H and O–H groups in total. The minimum absolute atomic E-state index is 0.136. The maximum absolute atomic E-state index is 14.6. The summed E-state index contributed by atoms with van der Waals surface area (Å²) < 4.78 is 40.6. The van der Waals surface area contributed by atoms with E-state index in [0.29, 0.717) is 18.1 Å². The van der Waals surface area contributed by atoms with Crippen molar-refractivity contribution in [1.29, 1.82) is 0 Å². The second kappa shape index (κ2) is 10.8. The van der Waals surface area contributed by atoms with Crippen LogP contribution in [0.3, 0.4) is 0 Å². The highest BCUT2D eigenvalue weighted by molar-refractivity contribution is 14.1. The second-order valence-corrected chi connectivity index (χ2v) is 10.6. The Labute approximate surface area is 232 Å². The Morgan fingerprint density at radius 1 is 1.19 bits per heavy atom. The first-order valence-corrected chi connectivity index (χ1v) is 12.8. The molecule has 4 rings (SSSR count). The number of nitrogens with zero attached hydrogens (tertiary/aromatic N) is 2. The van der Waals surface area contributed by atoms with E-state index in [4.69, 9.17) is 31.2 Å². The Balaban J connectivity index is 1.67. The topological polar surface area (TPSA) is 71.4 Å². The third-order valence-electron chi connectivity index (χ3n) is 6.46. The lowest BCUT2D eigenvalue weighted by atomic mass is 9.77. The molecular weight excluding hydrogens is 617 g/mol. The quantitative estimate of drug-likeness (QED) is 0.282. The van der Waals surface area contributed by atoms with Crippen molar-refractivity contribution in [1.82, 2.24) is 0 Å². The number of carboxylic acids is 1. The number of hydrogen-bond donors (Lipinski definition) is 1. The Kier molecular flexibility index (Phi) is 7.94. The van der Waals surface area contributed by atoms with Crippen molar-refractivity contribution in [2.24, 2.45) is 4.99 Å². The molecule has 6 nitrogen and oxygen atoms in total. The fraction of sp³-hybridized carbons (Fsp3) is 0.259. The van der Waals surface area contributed by atoms with Crippen LogP contribution in [-0.4, -0.2) is 43.2 Å². The van der Waals surface area contributed by atoms with E-state index in [1.54, 1.807) is 19.2 Å². The molecule has 194 valence electrons. The maximum Gasteiger partial charge on any atom is 0.335 e. The number of rotatable bonds is 8. The highest BCUT2D eigenvalue weighted by Gasteiger charge is 2.41. The van der Waals surface area contributed by atoms with Gasteiger partial charge < -0.3 is 19.5 Å². The molecule has 0 saturated heterocycles. The van der Waals surface area contributed by atoms with E-state index >= 15 is 0 Å². The molecule has 10 heteroatoms. The van der Waals surface area contributed by atoms with Crippen molar-refractivity contribution in [3.63, 3.8) is 0 Å². The number of hydrogen-bond acceptors (Lipinski definition) is 5. The average molecular weight is 641 g/mol. The summed E-state index contributed by atoms with van der Waals surface area (Å²) in [6.07, 6.45) is 0. The smallest absolute Gasteiger partial charge is 0.335 e. The van der Waals surface area contributed by atoms with E-state index in [1.165, 1.54) is 12.1 Å². The van der Waals surface area contributed by atoms with E-state index in [-0.39, 0.29) is 34.8 Å². The SMILES string of the molecule is COc1cc(C(C)(C)C2CN=C(COc3c(F)cc(C(=O)O)cc3Cl)N2c2ccc(F)cc2)ccc1I. The Hall–Kier alpha value is -2.92. The number of carboxylic acid groups (broad SMARTS) is 1. The number of halogens is 4. The zero-order valence-corrected chi connectivity index (χ0v) is 23.2. The number of anilines is 1. The molecule has 0 bridgehead atoms. The van der Waals surface area contributed by atoms with Crippen molar-refractivity contribution in [2.45, 2.75) is 25.3 Å². The van der Waals surface area contributed by atoms with Gasteiger partial charge in [-0.2, -0.15) is 0 Å². The molecule has 1 atom stereocenters. The minimum Gasteiger partial charge on any atom is -0.496 e. The van der Waals surface area contributed by atoms with Gasteiger partial charge in [0.2, 0.25) is 0 Å². The molecule has 0 aromatic heterocycles. The van der Waals surface area contributed by atoms with Crippen LogP contribution in [0.4, 0.5) is 14.5 Å². The monoisotopic (exact) mass is 640 g/mol. The van der Waals surface area contributed by atoms with Gasteiger partial charge in [-0.15, -0.1) is 0 Å². The average Bonchev–Trinajstić information content (AvgIpc) is 3.28. The van der Waals surface area contributed by atoms with Crippen LogP contribution < -0.4 is 14.4 Å². The fourth-order valence-corrected chi connectivity index (χ4v) is 5.16. The first-order valence-electron chi connectivity index (χ1n) is 11.3. The van der Waals surface area contributed by atoms with Gasteiger partial charge in [-0.05, 0) is 76.7 Å². The molecule has 0 spiro atoms. The van der Waals surface area contributed by atoms with Gasteiger partial charge in [0, 0.05) is 11.1 Å². The number of carbonyl (C=O) groups is 1. The van der Waals surface area contributed by atoms with Gasteiger partial charge in [0.15, 0.2) is 11.6 Å². The standard InChI is InChI=1S/C27H24ClF2IN2O4/c1-27(2,16-4-9-21(31)22(12-16)36-3)23-13-32-24(33(23)18-7-5-17(29)6-8-18)14-37-25-19(28)10-15(26(34)35)11-20(25)30/h4-12,23H,13-14H2,1-3H3,(H,34,35). The normalized spacial score (nSPS) is 15.5. The third-order valence-corrected chi connectivity index (χ3v) is 7.63. The highest BCUT2D eigenvalue weighted by atomic mass is 127. The summed E-state index contributed by atoms with van der Waals surface area (Å²) in [7, 11) is 1.63. The van der Waals surface area contributed by atoms with Crippen LogP contribution in [0.2, 0.25) is 5.02 Å². The van der Waals surface area contributed by atoms with Crippen molar-refractivity contribution in [3.05, 3.63) is 86.0 Å². The minimum atomic E-state index is -1.30. The van der Waals surface area contributed by atoms with Gasteiger partial charge in [-0.3, -0.25) is 4.99 Å². The van der Waals surface area contributed by atoms with Gasteiger partial charge in [0.05, 0.1) is 33.9 Å². The Morgan fingerprint density at radius 3 is 2.51 bits per heavy atom. The summed E-state index contributed by atoms with van der Waals surface area (Å²) in [6.45, 7) is 4.46. The van der Waals surface area contributed by atoms with E-state index in [0.717, 1.165) is 27.0 Å². The fourth-order valence-electron chi connectivity index (χ4n) is 4.34. The molecule has 0 radical (unpaired) electrons. The third kappa shape index (κ3) is 5.52. The maximum atomic E-state index is 14.6. The Morgan fingerprint density at radius 2 is 1.89 bits per heavy atom. The molecule has 37 heavy (non-hydrogen) atoms. The molecular formula is C27H24ClF2IN2O4. The van der Waals surface area contributed by atoms with E-state index in [2.05, 4.69) is 36.4 Å². The van der Waals surface area contributed by atoms with E-state index in [9.17, 15) is 13.6 Å². The zero-order valence-electron chi connectivity index (χ0n) is 20.3. The van der Waals surface area contributed by atoms with Crippen molar-refractivity contribution < 1.29 is 28.2 Å². The summed E-state index contributed by atoms with van der Waals surface area (Å²) >= 11 is 8.34. The molecule has 3 aromatic carbocycles. The Bertz CT molecular complexity index is 1340. The van der Waals surface area contributed by atoms with Gasteiger partial charge in [0.1, 0.15) is 24.0 Å². The lowest BCUT2D eigenvalue weighted by Crippen LogP contribution is -2.49. The molecule has 0 saturated carbocycles. The van der Waals surface area contributed by atoms with Crippen LogP contribution >= 0.6 is 34.2 Å². The first kappa shape index (κ1) is 27.1. The molecule has 1 unspecified atom stereocenters. The lowest BCUT2D eigenvalue weighted by molar-refractivity contribution is 0.0696. The van der Waals surface area contributed by atoms with Gasteiger partial charge in [0.25, 0.3) is 0 Å². The number of aromatic carboxylic acids is 1. The van der Waals surface area contributed by atoms with Gasteiger partial charge >= 0.3 is 5.97 Å². The van der Waals surface area contributed by atoms with E-state index < -0.39 is 17.2 Å². The summed E-state index contributed by atoms with van der Waals surface area (Å²) in [4.78, 5) is 17.8. The molecule has 0 amide bonds. The summed E-state index contributed by atoms with van der Waals surface area (Å²) in [5.74, 6) is -1.56. The molecule has 1 aliphatic rings. The van der Waals surface area contributed by atoms with Gasteiger partial charge in [-0.1, -0.05) is 31.5 Å². The second-order valence-electron chi connectivity index (χ2n) is 9.05. The molecule has 0 fully saturated rings. The number of aliphatic imine (C=N–C) groups is 1. The van der Waals surface area contributed by atoms with Crippen LogP contribution in [0.1, 0.15) is 29.8 Å². The van der Waals surface area contributed by atoms with Crippen LogP contribution in [0.25, 0.3) is 0 Å². The van der Waals surface area contributed by atoms with Crippen molar-refractivity contribution >= 4 is 51.7 Å². The largest absolute Gasteiger partial charge is 0.496 e. The predicted molar refractivity (Wildman–Crippen MR) is 148 cm³/mol. The summed E-state index contributed by atoms with van der Waals surface area (Å²) in [5.41, 5.74) is 1.00. The van der Waals surface area contributed by atoms with Crippen molar-refractivity contribution in [2.75, 3.05) is 25.2 Å². The molecule has 3 aromatic rings. The zero-order chi connectivity index (χ0) is 26.9.